The van der Waals surface area contributed by atoms with Crippen molar-refractivity contribution >= 4 is 11.4 Å². The summed E-state index contributed by atoms with van der Waals surface area (Å²) in [6.07, 6.45) is 0. The quantitative estimate of drug-likeness (QED) is 0.804. The second kappa shape index (κ2) is 6.31. The number of ether oxygens (including phenoxy) is 1. The maximum absolute atomic E-state index is 8.47. The molecule has 0 saturated carbocycles. The van der Waals surface area contributed by atoms with Crippen molar-refractivity contribution < 1.29 is 4.74 Å². The Kier molecular flexibility index (Phi) is 4.25. The van der Waals surface area contributed by atoms with Crippen molar-refractivity contribution in [3.05, 3.63) is 54.1 Å². The normalized spacial score (nSPS) is 9.63. The first-order chi connectivity index (χ1) is 9.29. The van der Waals surface area contributed by atoms with Gasteiger partial charge in [0.15, 0.2) is 6.61 Å². The van der Waals surface area contributed by atoms with Gasteiger partial charge in [-0.15, -0.1) is 0 Å². The minimum absolute atomic E-state index is 0.0507. The number of nitrogens with two attached hydrogens (primary N) is 1. The van der Waals surface area contributed by atoms with Crippen LogP contribution in [-0.2, 0) is 6.54 Å². The van der Waals surface area contributed by atoms with Gasteiger partial charge in [0.05, 0.1) is 0 Å². The van der Waals surface area contributed by atoms with Gasteiger partial charge in [-0.3, -0.25) is 0 Å². The summed E-state index contributed by atoms with van der Waals surface area (Å²) >= 11 is 0. The topological polar surface area (TPSA) is 71.1 Å². The molecule has 0 saturated heterocycles. The largest absolute Gasteiger partial charge is 0.479 e. The van der Waals surface area contributed by atoms with Crippen LogP contribution in [0.4, 0.5) is 11.4 Å². The first-order valence-corrected chi connectivity index (χ1v) is 5.96. The van der Waals surface area contributed by atoms with E-state index in [1.54, 1.807) is 0 Å². The molecule has 96 valence electrons. The number of hydrogen-bond donors (Lipinski definition) is 2. The summed E-state index contributed by atoms with van der Waals surface area (Å²) in [5.74, 6) is 0.674. The third-order valence-corrected chi connectivity index (χ3v) is 2.68. The number of benzene rings is 2. The molecule has 0 bridgehead atoms. The highest BCUT2D eigenvalue weighted by Gasteiger charge is 1.99. The number of nitrogens with one attached hydrogen (secondary N) is 1. The Labute approximate surface area is 112 Å². The Bertz CT molecular complexity index is 590. The van der Waals surface area contributed by atoms with Crippen LogP contribution < -0.4 is 15.8 Å². The summed E-state index contributed by atoms with van der Waals surface area (Å²) in [5, 5.41) is 11.8. The molecule has 0 aliphatic rings. The standard InChI is InChI=1S/C15H15N3O/c16-8-9-19-14-6-3-5-13(10-14)18-11-12-4-1-2-7-15(12)17/h1-7,10,18H,9,11,17H2. The third-order valence-electron chi connectivity index (χ3n) is 2.68. The van der Waals surface area contributed by atoms with Crippen molar-refractivity contribution in [3.8, 4) is 11.8 Å². The fourth-order valence-electron chi connectivity index (χ4n) is 1.70. The molecule has 0 radical (unpaired) electrons. The van der Waals surface area contributed by atoms with Gasteiger partial charge in [-0.1, -0.05) is 24.3 Å². The van der Waals surface area contributed by atoms with Crippen LogP contribution in [0.5, 0.6) is 5.75 Å². The van der Waals surface area contributed by atoms with Gasteiger partial charge in [0.25, 0.3) is 0 Å². The van der Waals surface area contributed by atoms with Crippen molar-refractivity contribution in [2.75, 3.05) is 17.7 Å². The van der Waals surface area contributed by atoms with Crippen LogP contribution in [0.15, 0.2) is 48.5 Å². The summed E-state index contributed by atoms with van der Waals surface area (Å²) in [7, 11) is 0. The molecular weight excluding hydrogens is 238 g/mol. The van der Waals surface area contributed by atoms with E-state index >= 15 is 0 Å². The highest BCUT2D eigenvalue weighted by molar-refractivity contribution is 5.52. The number of para-hydroxylation sites is 1. The molecule has 0 heterocycles. The van der Waals surface area contributed by atoms with Gasteiger partial charge in [-0.05, 0) is 23.8 Å². The summed E-state index contributed by atoms with van der Waals surface area (Å²) in [4.78, 5) is 0. The van der Waals surface area contributed by atoms with Gasteiger partial charge >= 0.3 is 0 Å². The van der Waals surface area contributed by atoms with Crippen LogP contribution in [0.25, 0.3) is 0 Å². The monoisotopic (exact) mass is 253 g/mol. The van der Waals surface area contributed by atoms with Crippen LogP contribution in [0.3, 0.4) is 0 Å². The highest BCUT2D eigenvalue weighted by atomic mass is 16.5. The Hall–Kier alpha value is -2.67. The molecule has 2 rings (SSSR count). The molecule has 0 spiro atoms. The molecule has 2 aromatic rings. The van der Waals surface area contributed by atoms with E-state index in [4.69, 9.17) is 15.7 Å². The fraction of sp³-hybridized carbons (Fsp3) is 0.133. The molecule has 0 unspecified atom stereocenters. The van der Waals surface area contributed by atoms with Crippen LogP contribution in [0.2, 0.25) is 0 Å². The van der Waals surface area contributed by atoms with E-state index in [2.05, 4.69) is 5.32 Å². The molecule has 0 fully saturated rings. The van der Waals surface area contributed by atoms with Gasteiger partial charge in [-0.2, -0.15) is 5.26 Å². The molecule has 0 aliphatic carbocycles. The molecule has 0 amide bonds. The average molecular weight is 253 g/mol. The molecule has 0 aliphatic heterocycles. The SMILES string of the molecule is N#CCOc1cccc(NCc2ccccc2N)c1. The number of nitrogen functional groups attached to an aromatic ring is 1. The van der Waals surface area contributed by atoms with E-state index in [9.17, 15) is 0 Å². The lowest BCUT2D eigenvalue weighted by molar-refractivity contribution is 0.368. The van der Waals surface area contributed by atoms with Crippen molar-refractivity contribution in [3.63, 3.8) is 0 Å². The Morgan fingerprint density at radius 2 is 2.00 bits per heavy atom. The first-order valence-electron chi connectivity index (χ1n) is 5.96. The van der Waals surface area contributed by atoms with Gasteiger partial charge in [-0.25, -0.2) is 0 Å². The Morgan fingerprint density at radius 3 is 2.79 bits per heavy atom. The highest BCUT2D eigenvalue weighted by Crippen LogP contribution is 2.19. The lowest BCUT2D eigenvalue weighted by atomic mass is 10.2. The molecule has 3 N–H and O–H groups in total. The van der Waals surface area contributed by atoms with E-state index in [0.717, 1.165) is 16.9 Å². The zero-order valence-corrected chi connectivity index (χ0v) is 10.5. The predicted molar refractivity (Wildman–Crippen MR) is 75.7 cm³/mol. The van der Waals surface area contributed by atoms with E-state index in [1.165, 1.54) is 0 Å². The van der Waals surface area contributed by atoms with E-state index in [0.29, 0.717) is 12.3 Å². The summed E-state index contributed by atoms with van der Waals surface area (Å²) in [6, 6.07) is 17.2. The number of anilines is 2. The maximum Gasteiger partial charge on any atom is 0.174 e. The lowest BCUT2D eigenvalue weighted by Crippen LogP contribution is -2.03. The summed E-state index contributed by atoms with van der Waals surface area (Å²) in [6.45, 7) is 0.698. The van der Waals surface area contributed by atoms with E-state index in [-0.39, 0.29) is 6.61 Å². The van der Waals surface area contributed by atoms with Crippen LogP contribution >= 0.6 is 0 Å². The number of rotatable bonds is 5. The van der Waals surface area contributed by atoms with Gasteiger partial charge in [0.2, 0.25) is 0 Å². The maximum atomic E-state index is 8.47. The molecule has 4 heteroatoms. The number of nitriles is 1. The van der Waals surface area contributed by atoms with Crippen LogP contribution in [0, 0.1) is 11.3 Å². The van der Waals surface area contributed by atoms with Crippen molar-refractivity contribution in [1.82, 2.24) is 0 Å². The number of nitrogens with zero attached hydrogens (tertiary/aromatic N) is 1. The Balaban J connectivity index is 2.00. The number of hydrogen-bond acceptors (Lipinski definition) is 4. The molecule has 19 heavy (non-hydrogen) atoms. The Morgan fingerprint density at radius 1 is 1.16 bits per heavy atom. The fourth-order valence-corrected chi connectivity index (χ4v) is 1.70. The second-order valence-corrected chi connectivity index (χ2v) is 4.03. The van der Waals surface area contributed by atoms with E-state index in [1.807, 2.05) is 54.6 Å². The second-order valence-electron chi connectivity index (χ2n) is 4.03. The van der Waals surface area contributed by atoms with Crippen LogP contribution in [0.1, 0.15) is 5.56 Å². The van der Waals surface area contributed by atoms with E-state index < -0.39 is 0 Å². The van der Waals surface area contributed by atoms with Gasteiger partial charge in [0, 0.05) is 24.0 Å². The zero-order valence-electron chi connectivity index (χ0n) is 10.5. The molecule has 4 nitrogen and oxygen atoms in total. The lowest BCUT2D eigenvalue weighted by Gasteiger charge is -2.10. The smallest absolute Gasteiger partial charge is 0.174 e. The molecular formula is C15H15N3O. The van der Waals surface area contributed by atoms with Crippen molar-refractivity contribution in [2.45, 2.75) is 6.54 Å². The minimum Gasteiger partial charge on any atom is -0.479 e. The van der Waals surface area contributed by atoms with Gasteiger partial charge in [0.1, 0.15) is 11.8 Å². The summed E-state index contributed by atoms with van der Waals surface area (Å²) < 4.78 is 5.25. The third kappa shape index (κ3) is 3.65. The minimum atomic E-state index is 0.0507. The van der Waals surface area contributed by atoms with Crippen molar-refractivity contribution in [1.29, 1.82) is 5.26 Å². The summed E-state index contributed by atoms with van der Waals surface area (Å²) in [5.41, 5.74) is 8.63. The molecule has 2 aromatic carbocycles. The van der Waals surface area contributed by atoms with Crippen LogP contribution in [-0.4, -0.2) is 6.61 Å². The molecule has 0 atom stereocenters. The average Bonchev–Trinajstić information content (AvgIpc) is 2.45. The first kappa shape index (κ1) is 12.8. The van der Waals surface area contributed by atoms with Crippen molar-refractivity contribution in [2.24, 2.45) is 0 Å². The molecule has 0 aromatic heterocycles. The zero-order chi connectivity index (χ0) is 13.5. The van der Waals surface area contributed by atoms with Gasteiger partial charge < -0.3 is 15.8 Å². The predicted octanol–water partition coefficient (Wildman–Crippen LogP) is 2.78.